The molecule has 0 saturated carbocycles. The average molecular weight is 395 g/mol. The highest BCUT2D eigenvalue weighted by Gasteiger charge is 2.13. The van der Waals surface area contributed by atoms with Gasteiger partial charge >= 0.3 is 0 Å². The molecular weight excluding hydrogens is 376 g/mol. The normalized spacial score (nSPS) is 11.6. The summed E-state index contributed by atoms with van der Waals surface area (Å²) in [7, 11) is 0. The summed E-state index contributed by atoms with van der Waals surface area (Å²) >= 11 is 2.92. The molecule has 0 radical (unpaired) electrons. The first kappa shape index (κ1) is 19.1. The number of nitrogens with zero attached hydrogens (tertiary/aromatic N) is 3. The quantitative estimate of drug-likeness (QED) is 0.458. The van der Waals surface area contributed by atoms with E-state index in [-0.39, 0.29) is 11.8 Å². The molecule has 1 atom stereocenters. The van der Waals surface area contributed by atoms with Crippen LogP contribution in [0.15, 0.2) is 58.9 Å². The molecule has 0 fully saturated rings. The van der Waals surface area contributed by atoms with Gasteiger partial charge in [0.25, 0.3) is 0 Å². The molecule has 27 heavy (non-hydrogen) atoms. The molecular formula is C20H18N4OS2. The number of hydrogen-bond donors (Lipinski definition) is 1. The number of carbonyl (C=O) groups is 1. The van der Waals surface area contributed by atoms with Crippen molar-refractivity contribution in [2.75, 3.05) is 5.32 Å². The predicted octanol–water partition coefficient (Wildman–Crippen LogP) is 4.83. The van der Waals surface area contributed by atoms with Crippen LogP contribution in [0.25, 0.3) is 0 Å². The zero-order chi connectivity index (χ0) is 19.1. The van der Waals surface area contributed by atoms with Crippen LogP contribution >= 0.6 is 23.1 Å². The van der Waals surface area contributed by atoms with Crippen LogP contribution in [0, 0.1) is 11.3 Å². The molecule has 0 saturated heterocycles. The zero-order valence-corrected chi connectivity index (χ0v) is 16.4. The lowest BCUT2D eigenvalue weighted by Crippen LogP contribution is -2.14. The summed E-state index contributed by atoms with van der Waals surface area (Å²) < 4.78 is 0.797. The van der Waals surface area contributed by atoms with E-state index in [2.05, 4.69) is 21.6 Å². The Morgan fingerprint density at radius 3 is 2.63 bits per heavy atom. The van der Waals surface area contributed by atoms with E-state index in [0.717, 1.165) is 21.2 Å². The van der Waals surface area contributed by atoms with E-state index in [9.17, 15) is 4.79 Å². The van der Waals surface area contributed by atoms with Crippen LogP contribution < -0.4 is 5.32 Å². The summed E-state index contributed by atoms with van der Waals surface area (Å²) in [6, 6.07) is 19.5. The lowest BCUT2D eigenvalue weighted by atomic mass is 9.98. The molecule has 0 spiro atoms. The number of benzene rings is 2. The van der Waals surface area contributed by atoms with Gasteiger partial charge in [-0.25, -0.2) is 0 Å². The number of aromatic nitrogens is 2. The van der Waals surface area contributed by atoms with Crippen molar-refractivity contribution in [1.82, 2.24) is 10.2 Å². The third-order valence-corrected chi connectivity index (χ3v) is 6.00. The van der Waals surface area contributed by atoms with Gasteiger partial charge in [0.15, 0.2) is 4.34 Å². The highest BCUT2D eigenvalue weighted by atomic mass is 32.2. The maximum absolute atomic E-state index is 12.2. The lowest BCUT2D eigenvalue weighted by molar-refractivity contribution is -0.116. The Morgan fingerprint density at radius 2 is 1.93 bits per heavy atom. The summed E-state index contributed by atoms with van der Waals surface area (Å²) in [5.74, 6) is 0.815. The first-order chi connectivity index (χ1) is 13.1. The number of thioether (sulfide) groups is 1. The highest BCUT2D eigenvalue weighted by molar-refractivity contribution is 8.00. The Hall–Kier alpha value is -2.69. The largest absolute Gasteiger partial charge is 0.300 e. The van der Waals surface area contributed by atoms with E-state index in [1.807, 2.05) is 49.4 Å². The van der Waals surface area contributed by atoms with Gasteiger partial charge in [-0.3, -0.25) is 4.79 Å². The first-order valence-corrected chi connectivity index (χ1v) is 10.2. The number of rotatable bonds is 7. The van der Waals surface area contributed by atoms with Crippen LogP contribution in [0.4, 0.5) is 5.13 Å². The topological polar surface area (TPSA) is 78.7 Å². The summed E-state index contributed by atoms with van der Waals surface area (Å²) in [6.07, 6.45) is 0.400. The first-order valence-electron chi connectivity index (χ1n) is 8.44. The molecule has 1 heterocycles. The van der Waals surface area contributed by atoms with Gasteiger partial charge in [0.05, 0.1) is 11.6 Å². The molecule has 5 nitrogen and oxygen atoms in total. The highest BCUT2D eigenvalue weighted by Crippen LogP contribution is 2.29. The minimum Gasteiger partial charge on any atom is -0.300 e. The van der Waals surface area contributed by atoms with Crippen LogP contribution in [0.5, 0.6) is 0 Å². The fourth-order valence-corrected chi connectivity index (χ4v) is 4.21. The van der Waals surface area contributed by atoms with E-state index in [0.29, 0.717) is 17.1 Å². The number of carbonyl (C=O) groups excluding carboxylic acids is 1. The molecule has 0 aliphatic rings. The second kappa shape index (κ2) is 9.31. The van der Waals surface area contributed by atoms with Crippen LogP contribution in [0.3, 0.4) is 0 Å². The maximum atomic E-state index is 12.2. The lowest BCUT2D eigenvalue weighted by Gasteiger charge is -2.10. The van der Waals surface area contributed by atoms with Gasteiger partial charge in [0.1, 0.15) is 0 Å². The minimum atomic E-state index is -0.0638. The standard InChI is InChI=1S/C20H18N4OS2/c1-14(17-5-3-2-4-6-17)11-18(25)22-19-23-24-20(27-19)26-13-16-9-7-15(12-21)8-10-16/h2-10,14H,11,13H2,1H3,(H,22,23,25). The summed E-state index contributed by atoms with van der Waals surface area (Å²) in [5, 5.41) is 20.3. The molecule has 0 bridgehead atoms. The number of nitrogens with one attached hydrogen (secondary N) is 1. The molecule has 0 aliphatic heterocycles. The fraction of sp³-hybridized carbons (Fsp3) is 0.200. The van der Waals surface area contributed by atoms with Gasteiger partial charge in [-0.15, -0.1) is 10.2 Å². The molecule has 0 aliphatic carbocycles. The molecule has 136 valence electrons. The summed E-state index contributed by atoms with van der Waals surface area (Å²) in [6.45, 7) is 2.04. The number of anilines is 1. The Morgan fingerprint density at radius 1 is 1.19 bits per heavy atom. The van der Waals surface area contributed by atoms with Crippen LogP contribution in [0.1, 0.15) is 36.0 Å². The Kier molecular flexibility index (Phi) is 6.58. The number of hydrogen-bond acceptors (Lipinski definition) is 6. The molecule has 7 heteroatoms. The SMILES string of the molecule is CC(CC(=O)Nc1nnc(SCc2ccc(C#N)cc2)s1)c1ccccc1. The zero-order valence-electron chi connectivity index (χ0n) is 14.8. The number of nitriles is 1. The molecule has 2 aromatic carbocycles. The van der Waals surface area contributed by atoms with Gasteiger partial charge in [0, 0.05) is 12.2 Å². The fourth-order valence-electron chi connectivity index (χ4n) is 2.49. The van der Waals surface area contributed by atoms with Crippen LogP contribution in [0.2, 0.25) is 0 Å². The van der Waals surface area contributed by atoms with Crippen molar-refractivity contribution < 1.29 is 4.79 Å². The second-order valence-electron chi connectivity index (χ2n) is 6.03. The average Bonchev–Trinajstić information content (AvgIpc) is 3.14. The molecule has 1 amide bonds. The van der Waals surface area contributed by atoms with E-state index >= 15 is 0 Å². The van der Waals surface area contributed by atoms with Crippen molar-refractivity contribution in [2.24, 2.45) is 0 Å². The van der Waals surface area contributed by atoms with Crippen molar-refractivity contribution in [1.29, 1.82) is 5.26 Å². The Labute approximate surface area is 166 Å². The molecule has 3 rings (SSSR count). The smallest absolute Gasteiger partial charge is 0.226 e. The summed E-state index contributed by atoms with van der Waals surface area (Å²) in [5.41, 5.74) is 2.90. The van der Waals surface area contributed by atoms with E-state index < -0.39 is 0 Å². The van der Waals surface area contributed by atoms with Crippen molar-refractivity contribution in [3.63, 3.8) is 0 Å². The van der Waals surface area contributed by atoms with Crippen molar-refractivity contribution >= 4 is 34.1 Å². The van der Waals surface area contributed by atoms with Crippen molar-refractivity contribution in [2.45, 2.75) is 29.4 Å². The second-order valence-corrected chi connectivity index (χ2v) is 8.23. The third-order valence-electron chi connectivity index (χ3n) is 3.96. The molecule has 1 aromatic heterocycles. The van der Waals surface area contributed by atoms with Crippen LogP contribution in [-0.4, -0.2) is 16.1 Å². The van der Waals surface area contributed by atoms with Gasteiger partial charge in [-0.2, -0.15) is 5.26 Å². The Bertz CT molecular complexity index is 933. The van der Waals surface area contributed by atoms with E-state index in [4.69, 9.17) is 5.26 Å². The molecule has 3 aromatic rings. The van der Waals surface area contributed by atoms with Gasteiger partial charge in [0.2, 0.25) is 11.0 Å². The predicted molar refractivity (Wildman–Crippen MR) is 109 cm³/mol. The van der Waals surface area contributed by atoms with Crippen LogP contribution in [-0.2, 0) is 10.5 Å². The minimum absolute atomic E-state index is 0.0638. The monoisotopic (exact) mass is 394 g/mol. The van der Waals surface area contributed by atoms with Gasteiger partial charge < -0.3 is 5.32 Å². The molecule has 1 unspecified atom stereocenters. The Balaban J connectivity index is 1.49. The third kappa shape index (κ3) is 5.64. The molecule has 1 N–H and O–H groups in total. The summed E-state index contributed by atoms with van der Waals surface area (Å²) in [4.78, 5) is 12.2. The van der Waals surface area contributed by atoms with Crippen molar-refractivity contribution in [3.8, 4) is 6.07 Å². The van der Waals surface area contributed by atoms with E-state index in [1.54, 1.807) is 23.9 Å². The van der Waals surface area contributed by atoms with Gasteiger partial charge in [-0.1, -0.05) is 72.5 Å². The van der Waals surface area contributed by atoms with Crippen molar-refractivity contribution in [3.05, 3.63) is 71.3 Å². The van der Waals surface area contributed by atoms with Gasteiger partial charge in [-0.05, 0) is 29.2 Å². The van der Waals surface area contributed by atoms with E-state index in [1.165, 1.54) is 11.3 Å². The maximum Gasteiger partial charge on any atom is 0.226 e. The number of amides is 1.